The highest BCUT2D eigenvalue weighted by atomic mass is 32.2. The van der Waals surface area contributed by atoms with E-state index in [1.807, 2.05) is 24.6 Å². The van der Waals surface area contributed by atoms with Crippen molar-refractivity contribution < 1.29 is 4.79 Å². The van der Waals surface area contributed by atoms with Crippen LogP contribution in [-0.4, -0.2) is 25.8 Å². The molecular weight excluding hydrogens is 270 g/mol. The van der Waals surface area contributed by atoms with Crippen LogP contribution < -0.4 is 0 Å². The average molecular weight is 287 g/mol. The van der Waals surface area contributed by atoms with E-state index in [0.29, 0.717) is 0 Å². The summed E-state index contributed by atoms with van der Waals surface area (Å²) in [5.41, 5.74) is 3.55. The number of hydrogen-bond donors (Lipinski definition) is 0. The van der Waals surface area contributed by atoms with Crippen molar-refractivity contribution in [2.75, 3.05) is 0 Å². The van der Waals surface area contributed by atoms with Gasteiger partial charge in [-0.2, -0.15) is 0 Å². The summed E-state index contributed by atoms with van der Waals surface area (Å²) in [5, 5.41) is 8.46. The monoisotopic (exact) mass is 287 g/mol. The van der Waals surface area contributed by atoms with Gasteiger partial charge in [0.25, 0.3) is 0 Å². The van der Waals surface area contributed by atoms with Crippen molar-refractivity contribution in [2.24, 2.45) is 7.05 Å². The first-order valence-electron chi connectivity index (χ1n) is 6.82. The third kappa shape index (κ3) is 2.50. The van der Waals surface area contributed by atoms with Crippen LogP contribution in [0.1, 0.15) is 34.8 Å². The predicted octanol–water partition coefficient (Wildman–Crippen LogP) is 2.67. The summed E-state index contributed by atoms with van der Waals surface area (Å²) in [4.78, 5) is 12.5. The maximum absolute atomic E-state index is 12.5. The van der Waals surface area contributed by atoms with Gasteiger partial charge in [0.1, 0.15) is 6.33 Å². The molecule has 3 rings (SSSR count). The normalized spacial score (nSPS) is 15.1. The average Bonchev–Trinajstić information content (AvgIpc) is 3.06. The standard InChI is InChI=1S/C15H17N3OS/c1-10(20-15-17-16-9-18(15)2)14(19)13-7-6-11-4-3-5-12(11)8-13/h6-10H,3-5H2,1-2H3. The zero-order valence-electron chi connectivity index (χ0n) is 11.7. The van der Waals surface area contributed by atoms with Crippen LogP contribution in [0.2, 0.25) is 0 Å². The van der Waals surface area contributed by atoms with Crippen LogP contribution in [0.3, 0.4) is 0 Å². The molecule has 0 bridgehead atoms. The summed E-state index contributed by atoms with van der Waals surface area (Å²) >= 11 is 1.45. The molecule has 1 atom stereocenters. The number of carbonyl (C=O) groups is 1. The molecule has 1 aliphatic rings. The number of fused-ring (bicyclic) bond motifs is 1. The summed E-state index contributed by atoms with van der Waals surface area (Å²) < 4.78 is 1.83. The lowest BCUT2D eigenvalue weighted by molar-refractivity contribution is 0.0994. The van der Waals surface area contributed by atoms with Crippen molar-refractivity contribution in [1.82, 2.24) is 14.8 Å². The molecule has 0 saturated heterocycles. The fourth-order valence-electron chi connectivity index (χ4n) is 2.55. The molecule has 0 saturated carbocycles. The fourth-order valence-corrected chi connectivity index (χ4v) is 3.42. The van der Waals surface area contributed by atoms with E-state index in [1.54, 1.807) is 6.33 Å². The Morgan fingerprint density at radius 3 is 2.90 bits per heavy atom. The predicted molar refractivity (Wildman–Crippen MR) is 79.1 cm³/mol. The second kappa shape index (κ2) is 5.40. The van der Waals surface area contributed by atoms with E-state index in [4.69, 9.17) is 0 Å². The smallest absolute Gasteiger partial charge is 0.191 e. The summed E-state index contributed by atoms with van der Waals surface area (Å²) in [6.45, 7) is 1.93. The van der Waals surface area contributed by atoms with Crippen LogP contribution in [0.25, 0.3) is 0 Å². The largest absolute Gasteiger partial charge is 0.312 e. The highest BCUT2D eigenvalue weighted by Crippen LogP contribution is 2.27. The van der Waals surface area contributed by atoms with Gasteiger partial charge in [0, 0.05) is 12.6 Å². The zero-order valence-corrected chi connectivity index (χ0v) is 12.5. The number of Topliss-reactive ketones (excluding diaryl/α,β-unsaturated/α-hetero) is 1. The van der Waals surface area contributed by atoms with Gasteiger partial charge in [0.15, 0.2) is 10.9 Å². The lowest BCUT2D eigenvalue weighted by Gasteiger charge is -2.10. The van der Waals surface area contributed by atoms with Crippen LogP contribution in [0.4, 0.5) is 0 Å². The topological polar surface area (TPSA) is 47.8 Å². The number of aromatic nitrogens is 3. The number of rotatable bonds is 4. The highest BCUT2D eigenvalue weighted by Gasteiger charge is 2.20. The van der Waals surface area contributed by atoms with Crippen LogP contribution in [0, 0.1) is 0 Å². The van der Waals surface area contributed by atoms with E-state index in [9.17, 15) is 4.79 Å². The second-order valence-electron chi connectivity index (χ2n) is 5.19. The highest BCUT2D eigenvalue weighted by molar-refractivity contribution is 8.00. The first kappa shape index (κ1) is 13.4. The molecule has 2 aromatic rings. The number of thioether (sulfide) groups is 1. The molecule has 1 aliphatic carbocycles. The van der Waals surface area contributed by atoms with Gasteiger partial charge in [0.2, 0.25) is 0 Å². The lowest BCUT2D eigenvalue weighted by Crippen LogP contribution is -2.14. The van der Waals surface area contributed by atoms with Gasteiger partial charge >= 0.3 is 0 Å². The molecule has 1 heterocycles. The molecule has 0 N–H and O–H groups in total. The first-order chi connectivity index (χ1) is 9.65. The van der Waals surface area contributed by atoms with E-state index < -0.39 is 0 Å². The first-order valence-corrected chi connectivity index (χ1v) is 7.70. The number of ketones is 1. The Morgan fingerprint density at radius 2 is 2.15 bits per heavy atom. The van der Waals surface area contributed by atoms with E-state index in [2.05, 4.69) is 22.3 Å². The molecule has 1 unspecified atom stereocenters. The summed E-state index contributed by atoms with van der Waals surface area (Å²) in [6, 6.07) is 6.13. The van der Waals surface area contributed by atoms with Crippen molar-refractivity contribution >= 4 is 17.5 Å². The third-order valence-corrected chi connectivity index (χ3v) is 4.85. The van der Waals surface area contributed by atoms with Gasteiger partial charge in [-0.25, -0.2) is 0 Å². The summed E-state index contributed by atoms with van der Waals surface area (Å²) in [6.07, 6.45) is 5.10. The molecule has 0 amide bonds. The Bertz CT molecular complexity index is 650. The molecular formula is C15H17N3OS. The minimum Gasteiger partial charge on any atom is -0.312 e. The minimum absolute atomic E-state index is 0.155. The van der Waals surface area contributed by atoms with Crippen molar-refractivity contribution in [3.63, 3.8) is 0 Å². The van der Waals surface area contributed by atoms with Crippen LogP contribution in [0.15, 0.2) is 29.7 Å². The number of hydrogen-bond acceptors (Lipinski definition) is 4. The Kier molecular flexibility index (Phi) is 3.61. The molecule has 0 spiro atoms. The lowest BCUT2D eigenvalue weighted by atomic mass is 10.0. The summed E-state index contributed by atoms with van der Waals surface area (Å²) in [5.74, 6) is 0.160. The van der Waals surface area contributed by atoms with Gasteiger partial charge < -0.3 is 4.57 Å². The molecule has 0 radical (unpaired) electrons. The molecule has 104 valence electrons. The van der Waals surface area contributed by atoms with E-state index in [0.717, 1.165) is 23.6 Å². The van der Waals surface area contributed by atoms with Crippen molar-refractivity contribution in [1.29, 1.82) is 0 Å². The molecule has 5 heteroatoms. The summed E-state index contributed by atoms with van der Waals surface area (Å²) in [7, 11) is 1.88. The van der Waals surface area contributed by atoms with Crippen molar-refractivity contribution in [3.05, 3.63) is 41.2 Å². The number of benzene rings is 1. The maximum atomic E-state index is 12.5. The minimum atomic E-state index is -0.155. The van der Waals surface area contributed by atoms with Gasteiger partial charge in [-0.15, -0.1) is 10.2 Å². The van der Waals surface area contributed by atoms with Gasteiger partial charge in [-0.05, 0) is 43.4 Å². The molecule has 0 aliphatic heterocycles. The Balaban J connectivity index is 1.76. The Labute approximate surface area is 122 Å². The Morgan fingerprint density at radius 1 is 1.35 bits per heavy atom. The SMILES string of the molecule is CC(Sc1nncn1C)C(=O)c1ccc2c(c1)CCC2. The fraction of sp³-hybridized carbons (Fsp3) is 0.400. The second-order valence-corrected chi connectivity index (χ2v) is 6.49. The van der Waals surface area contributed by atoms with Gasteiger partial charge in [-0.3, -0.25) is 4.79 Å². The molecule has 20 heavy (non-hydrogen) atoms. The maximum Gasteiger partial charge on any atom is 0.191 e. The van der Waals surface area contributed by atoms with Crippen LogP contribution in [-0.2, 0) is 19.9 Å². The van der Waals surface area contributed by atoms with Gasteiger partial charge in [0.05, 0.1) is 5.25 Å². The van der Waals surface area contributed by atoms with Gasteiger partial charge in [-0.1, -0.05) is 23.9 Å². The Hall–Kier alpha value is -1.62. The van der Waals surface area contributed by atoms with Crippen molar-refractivity contribution in [2.45, 2.75) is 36.6 Å². The van der Waals surface area contributed by atoms with E-state index >= 15 is 0 Å². The van der Waals surface area contributed by atoms with Crippen LogP contribution in [0.5, 0.6) is 0 Å². The van der Waals surface area contributed by atoms with E-state index in [-0.39, 0.29) is 11.0 Å². The molecule has 0 fully saturated rings. The number of carbonyl (C=O) groups excluding carboxylic acids is 1. The zero-order chi connectivity index (χ0) is 14.1. The van der Waals surface area contributed by atoms with Crippen molar-refractivity contribution in [3.8, 4) is 0 Å². The number of nitrogens with zero attached hydrogens (tertiary/aromatic N) is 3. The van der Waals surface area contributed by atoms with Crippen LogP contribution >= 0.6 is 11.8 Å². The molecule has 1 aromatic heterocycles. The molecule has 4 nitrogen and oxygen atoms in total. The quantitative estimate of drug-likeness (QED) is 0.641. The third-order valence-electron chi connectivity index (χ3n) is 3.70. The molecule has 1 aromatic carbocycles. The van der Waals surface area contributed by atoms with E-state index in [1.165, 1.54) is 29.3 Å². The number of aryl methyl sites for hydroxylation is 3.